The number of benzene rings is 1. The molecule has 0 spiro atoms. The quantitative estimate of drug-likeness (QED) is 0.664. The van der Waals surface area contributed by atoms with Crippen LogP contribution in [0.5, 0.6) is 5.75 Å². The van der Waals surface area contributed by atoms with Gasteiger partial charge in [-0.05, 0) is 24.5 Å². The van der Waals surface area contributed by atoms with Crippen molar-refractivity contribution in [3.8, 4) is 11.8 Å². The van der Waals surface area contributed by atoms with Crippen LogP contribution in [0, 0.1) is 23.1 Å². The van der Waals surface area contributed by atoms with E-state index in [1.807, 2.05) is 0 Å². The van der Waals surface area contributed by atoms with Crippen LogP contribution in [0.15, 0.2) is 24.3 Å². The number of anilines is 2. The minimum atomic E-state index is -1.14. The fraction of sp³-hybridized carbons (Fsp3) is 0.278. The molecule has 1 aromatic heterocycles. The average Bonchev–Trinajstić information content (AvgIpc) is 3.14. The van der Waals surface area contributed by atoms with Crippen molar-refractivity contribution >= 4 is 30.6 Å². The van der Waals surface area contributed by atoms with Crippen molar-refractivity contribution in [1.29, 1.82) is 5.26 Å². The van der Waals surface area contributed by atoms with Crippen LogP contribution in [0.4, 0.5) is 15.9 Å². The maximum Gasteiger partial charge on any atom is 0.552 e. The molecule has 2 aliphatic rings. The molecule has 29 heavy (non-hydrogen) atoms. The summed E-state index contributed by atoms with van der Waals surface area (Å²) in [5.41, 5.74) is 5.73. The van der Waals surface area contributed by atoms with E-state index in [1.54, 1.807) is 0 Å². The van der Waals surface area contributed by atoms with Crippen molar-refractivity contribution in [3.05, 3.63) is 41.2 Å². The molecule has 0 aliphatic carbocycles. The largest absolute Gasteiger partial charge is 0.552 e. The molecule has 1 aromatic carbocycles. The first-order valence-corrected chi connectivity index (χ1v) is 8.96. The summed E-state index contributed by atoms with van der Waals surface area (Å²) in [7, 11) is -1.14. The lowest BCUT2D eigenvalue weighted by Crippen LogP contribution is -2.29. The fourth-order valence-corrected chi connectivity index (χ4v) is 3.37. The Bertz CT molecular complexity index is 1030. The van der Waals surface area contributed by atoms with Crippen LogP contribution in [0.1, 0.15) is 28.4 Å². The van der Waals surface area contributed by atoms with Crippen molar-refractivity contribution < 1.29 is 23.6 Å². The van der Waals surface area contributed by atoms with Gasteiger partial charge >= 0.3 is 7.12 Å². The predicted octanol–water partition coefficient (Wildman–Crippen LogP) is 1.39. The molecular formula is C18H17BFN5O4. The summed E-state index contributed by atoms with van der Waals surface area (Å²) in [5, 5.41) is 26.0. The van der Waals surface area contributed by atoms with Crippen molar-refractivity contribution in [2.24, 2.45) is 11.7 Å². The van der Waals surface area contributed by atoms with Gasteiger partial charge in [0.1, 0.15) is 11.3 Å². The Morgan fingerprint density at radius 3 is 3.10 bits per heavy atom. The maximum absolute atomic E-state index is 14.9. The molecular weight excluding hydrogens is 380 g/mol. The molecule has 2 aliphatic heterocycles. The van der Waals surface area contributed by atoms with Gasteiger partial charge in [-0.1, -0.05) is 6.08 Å². The minimum Gasteiger partial charge on any atom is -0.532 e. The van der Waals surface area contributed by atoms with Gasteiger partial charge in [-0.3, -0.25) is 9.48 Å². The van der Waals surface area contributed by atoms with Gasteiger partial charge in [0.15, 0.2) is 11.6 Å². The van der Waals surface area contributed by atoms with Crippen LogP contribution in [0.25, 0.3) is 6.08 Å². The second-order valence-electron chi connectivity index (χ2n) is 6.73. The van der Waals surface area contributed by atoms with Crippen molar-refractivity contribution in [2.75, 3.05) is 18.5 Å². The molecule has 2 aromatic rings. The highest BCUT2D eigenvalue weighted by Crippen LogP contribution is 2.34. The Kier molecular flexibility index (Phi) is 4.96. The number of hydrogen-bond donors (Lipinski definition) is 3. The topological polar surface area (TPSA) is 135 Å². The number of nitrogens with one attached hydrogen (secondary N) is 1. The third-order valence-corrected chi connectivity index (χ3v) is 4.90. The number of halogens is 1. The van der Waals surface area contributed by atoms with E-state index < -0.39 is 18.8 Å². The lowest BCUT2D eigenvalue weighted by molar-refractivity contribution is 0.0342. The normalized spacial score (nSPS) is 20.5. The molecule has 148 valence electrons. The average molecular weight is 397 g/mol. The molecule has 9 nitrogen and oxygen atoms in total. The van der Waals surface area contributed by atoms with Crippen LogP contribution in [0.2, 0.25) is 0 Å². The summed E-state index contributed by atoms with van der Waals surface area (Å²) in [6.07, 6.45) is 3.39. The van der Waals surface area contributed by atoms with Crippen LogP contribution in [0.3, 0.4) is 0 Å². The monoisotopic (exact) mass is 397 g/mol. The summed E-state index contributed by atoms with van der Waals surface area (Å²) in [4.78, 5) is 11.9. The zero-order valence-electron chi connectivity index (χ0n) is 15.2. The number of hydrogen-bond acceptors (Lipinski definition) is 7. The fourth-order valence-electron chi connectivity index (χ4n) is 3.37. The third kappa shape index (κ3) is 3.55. The van der Waals surface area contributed by atoms with Crippen molar-refractivity contribution in [3.63, 3.8) is 0 Å². The smallest absolute Gasteiger partial charge is 0.532 e. The van der Waals surface area contributed by atoms with Crippen LogP contribution < -0.4 is 15.7 Å². The van der Waals surface area contributed by atoms with Crippen LogP contribution in [-0.2, 0) is 4.74 Å². The van der Waals surface area contributed by atoms with E-state index >= 15 is 0 Å². The zero-order valence-corrected chi connectivity index (χ0v) is 15.2. The Labute approximate surface area is 165 Å². The van der Waals surface area contributed by atoms with Gasteiger partial charge in [-0.2, -0.15) is 10.4 Å². The molecule has 1 amide bonds. The molecule has 0 radical (unpaired) electrons. The van der Waals surface area contributed by atoms with Crippen molar-refractivity contribution in [1.82, 2.24) is 9.78 Å². The summed E-state index contributed by atoms with van der Waals surface area (Å²) in [6, 6.07) is 4.75. The van der Waals surface area contributed by atoms with E-state index in [4.69, 9.17) is 15.1 Å². The zero-order chi connectivity index (χ0) is 20.5. The second kappa shape index (κ2) is 7.58. The van der Waals surface area contributed by atoms with Gasteiger partial charge in [-0.15, -0.1) is 0 Å². The van der Waals surface area contributed by atoms with Crippen LogP contribution >= 0.6 is 0 Å². The Hall–Kier alpha value is -3.36. The summed E-state index contributed by atoms with van der Waals surface area (Å²) in [6.45, 7) is 0.754. The lowest BCUT2D eigenvalue weighted by atomic mass is 9.86. The van der Waals surface area contributed by atoms with E-state index in [1.165, 1.54) is 35.1 Å². The standard InChI is InChI=1S/C18H17BFN5O4/c20-16-11-3-5-19(27)29-15(11)2-1-13(16)23-18-12(17(22)26)8-25(24-18)14-9-28-6-4-10(14)7-21/h1-3,5,8,10,14,27H,4,6,9H2,(H2,22,26)(H,23,24)/t10-,14?/m1/s1. The van der Waals surface area contributed by atoms with E-state index in [9.17, 15) is 19.5 Å². The number of ether oxygens (including phenoxy) is 1. The molecule has 0 saturated carbocycles. The van der Waals surface area contributed by atoms with Gasteiger partial charge in [-0.25, -0.2) is 4.39 Å². The molecule has 2 atom stereocenters. The number of carbonyl (C=O) groups is 1. The van der Waals surface area contributed by atoms with Gasteiger partial charge in [0.25, 0.3) is 5.91 Å². The van der Waals surface area contributed by atoms with Crippen molar-refractivity contribution in [2.45, 2.75) is 12.5 Å². The first kappa shape index (κ1) is 19.0. The number of fused-ring (bicyclic) bond motifs is 1. The number of nitrogens with zero attached hydrogens (tertiary/aromatic N) is 3. The minimum absolute atomic E-state index is 0.0536. The molecule has 1 saturated heterocycles. The number of rotatable bonds is 4. The number of nitrogens with two attached hydrogens (primary N) is 1. The second-order valence-corrected chi connectivity index (χ2v) is 6.73. The number of aromatic nitrogens is 2. The molecule has 1 unspecified atom stereocenters. The van der Waals surface area contributed by atoms with E-state index in [0.29, 0.717) is 13.0 Å². The van der Waals surface area contributed by atoms with Gasteiger partial charge in [0.05, 0.1) is 35.9 Å². The predicted molar refractivity (Wildman–Crippen MR) is 102 cm³/mol. The maximum atomic E-state index is 14.9. The van der Waals surface area contributed by atoms with Gasteiger partial charge in [0.2, 0.25) is 0 Å². The van der Waals surface area contributed by atoms with E-state index in [0.717, 1.165) is 0 Å². The highest BCUT2D eigenvalue weighted by Gasteiger charge is 2.30. The summed E-state index contributed by atoms with van der Waals surface area (Å²) in [5.74, 6) is -0.130. The lowest BCUT2D eigenvalue weighted by Gasteiger charge is -2.26. The number of nitriles is 1. The highest BCUT2D eigenvalue weighted by atomic mass is 19.1. The third-order valence-electron chi connectivity index (χ3n) is 4.90. The summed E-state index contributed by atoms with van der Waals surface area (Å²) >= 11 is 0. The number of amides is 1. The number of carbonyl (C=O) groups excluding carboxylic acids is 1. The molecule has 1 fully saturated rings. The molecule has 4 rings (SSSR count). The first-order valence-electron chi connectivity index (χ1n) is 8.96. The SMILES string of the molecule is N#C[C@H]1CCOCC1n1cc(C(N)=O)c(Nc2ccc3c(c2F)C=CB(O)O3)n1. The molecule has 0 bridgehead atoms. The molecule has 11 heteroatoms. The van der Waals surface area contributed by atoms with E-state index in [-0.39, 0.29) is 46.9 Å². The van der Waals surface area contributed by atoms with Gasteiger partial charge in [0, 0.05) is 12.8 Å². The summed E-state index contributed by atoms with van der Waals surface area (Å²) < 4.78 is 26.9. The molecule has 4 N–H and O–H groups in total. The Balaban J connectivity index is 1.68. The van der Waals surface area contributed by atoms with Gasteiger partial charge < -0.3 is 25.5 Å². The first-order chi connectivity index (χ1) is 14.0. The van der Waals surface area contributed by atoms with Crippen LogP contribution in [-0.4, -0.2) is 41.0 Å². The Morgan fingerprint density at radius 1 is 1.52 bits per heavy atom. The number of primary amides is 1. The Morgan fingerprint density at radius 2 is 2.34 bits per heavy atom. The highest BCUT2D eigenvalue weighted by molar-refractivity contribution is 6.51. The molecule has 3 heterocycles. The van der Waals surface area contributed by atoms with E-state index in [2.05, 4.69) is 16.5 Å².